The van der Waals surface area contributed by atoms with E-state index in [9.17, 15) is 13.9 Å². The second kappa shape index (κ2) is 5.46. The average Bonchev–Trinajstić information content (AvgIpc) is 2.51. The summed E-state index contributed by atoms with van der Waals surface area (Å²) in [7, 11) is 0. The Labute approximate surface area is 119 Å². The Hall–Kier alpha value is -2.53. The molecule has 0 bridgehead atoms. The monoisotopic (exact) mass is 287 g/mol. The molecule has 0 unspecified atom stereocenters. The van der Waals surface area contributed by atoms with Crippen molar-refractivity contribution < 1.29 is 18.6 Å². The quantitative estimate of drug-likeness (QED) is 0.796. The van der Waals surface area contributed by atoms with Crippen LogP contribution in [0.15, 0.2) is 48.5 Å². The van der Waals surface area contributed by atoms with E-state index < -0.39 is 11.6 Å². The number of aliphatic hydroxyl groups is 1. The molecule has 1 N–H and O–H groups in total. The Bertz CT molecular complexity index is 805. The number of ether oxygens (including phenoxy) is 1. The summed E-state index contributed by atoms with van der Waals surface area (Å²) in [6.07, 6.45) is 0. The number of hydrogen-bond acceptors (Lipinski definition) is 3. The summed E-state index contributed by atoms with van der Waals surface area (Å²) >= 11 is 0. The van der Waals surface area contributed by atoms with Gasteiger partial charge in [0, 0.05) is 11.5 Å². The molecule has 3 aromatic rings. The summed E-state index contributed by atoms with van der Waals surface area (Å²) in [5, 5.41) is 10.8. The molecule has 0 saturated heterocycles. The van der Waals surface area contributed by atoms with Gasteiger partial charge in [0.1, 0.15) is 5.75 Å². The number of hydrogen-bond donors (Lipinski definition) is 1. The molecule has 0 amide bonds. The molecule has 0 aliphatic rings. The number of benzene rings is 2. The number of rotatable bonds is 3. The van der Waals surface area contributed by atoms with Crippen molar-refractivity contribution in [2.24, 2.45) is 0 Å². The third-order valence-electron chi connectivity index (χ3n) is 3.03. The van der Waals surface area contributed by atoms with E-state index in [2.05, 4.69) is 4.98 Å². The fourth-order valence-corrected chi connectivity index (χ4v) is 2.03. The van der Waals surface area contributed by atoms with Gasteiger partial charge in [-0.1, -0.05) is 18.2 Å². The molecule has 0 aliphatic carbocycles. The molecular weight excluding hydrogens is 276 g/mol. The Morgan fingerprint density at radius 1 is 1.00 bits per heavy atom. The molecule has 1 aromatic heterocycles. The largest absolute Gasteiger partial charge is 0.438 e. The van der Waals surface area contributed by atoms with Crippen LogP contribution in [-0.2, 0) is 6.61 Å². The molecule has 2 aromatic carbocycles. The van der Waals surface area contributed by atoms with Crippen LogP contribution in [0.2, 0.25) is 0 Å². The molecule has 3 nitrogen and oxygen atoms in total. The van der Waals surface area contributed by atoms with Crippen molar-refractivity contribution in [3.8, 4) is 11.6 Å². The van der Waals surface area contributed by atoms with Crippen LogP contribution >= 0.6 is 0 Å². The van der Waals surface area contributed by atoms with E-state index in [4.69, 9.17) is 4.74 Å². The lowest BCUT2D eigenvalue weighted by molar-refractivity contribution is 0.275. The van der Waals surface area contributed by atoms with E-state index in [-0.39, 0.29) is 18.2 Å². The van der Waals surface area contributed by atoms with Crippen molar-refractivity contribution in [1.82, 2.24) is 4.98 Å². The third-order valence-corrected chi connectivity index (χ3v) is 3.03. The first-order valence-electron chi connectivity index (χ1n) is 6.30. The topological polar surface area (TPSA) is 42.4 Å². The van der Waals surface area contributed by atoms with Gasteiger partial charge in [0.05, 0.1) is 12.3 Å². The van der Waals surface area contributed by atoms with Crippen LogP contribution in [-0.4, -0.2) is 10.1 Å². The lowest BCUT2D eigenvalue weighted by Gasteiger charge is -2.10. The minimum absolute atomic E-state index is 0.140. The van der Waals surface area contributed by atoms with E-state index in [1.165, 1.54) is 6.07 Å². The summed E-state index contributed by atoms with van der Waals surface area (Å²) in [5.41, 5.74) is 0.436. The van der Waals surface area contributed by atoms with E-state index in [0.29, 0.717) is 5.69 Å². The van der Waals surface area contributed by atoms with Crippen molar-refractivity contribution >= 4 is 10.8 Å². The highest BCUT2D eigenvalue weighted by Crippen LogP contribution is 2.29. The Kier molecular flexibility index (Phi) is 3.50. The fraction of sp³-hybridized carbons (Fsp3) is 0.0625. The van der Waals surface area contributed by atoms with Crippen LogP contribution in [0.4, 0.5) is 8.78 Å². The number of halogens is 2. The van der Waals surface area contributed by atoms with Crippen LogP contribution < -0.4 is 4.74 Å². The van der Waals surface area contributed by atoms with Crippen molar-refractivity contribution in [2.75, 3.05) is 0 Å². The molecule has 3 rings (SSSR count). The predicted octanol–water partition coefficient (Wildman–Crippen LogP) is 3.80. The van der Waals surface area contributed by atoms with E-state index in [1.54, 1.807) is 12.1 Å². The Morgan fingerprint density at radius 2 is 1.81 bits per heavy atom. The van der Waals surface area contributed by atoms with Crippen LogP contribution in [0.5, 0.6) is 11.6 Å². The molecule has 0 fully saturated rings. The standard InChI is InChI=1S/C16H11F2NO2/c17-14-6-5-12(8-15(14)18)21-16-13-4-2-1-3-10(13)7-11(9-20)19-16/h1-8,20H,9H2. The maximum absolute atomic E-state index is 13.2. The molecule has 0 aliphatic heterocycles. The zero-order valence-electron chi connectivity index (χ0n) is 10.9. The van der Waals surface area contributed by atoms with Crippen LogP contribution in [0.3, 0.4) is 0 Å². The van der Waals surface area contributed by atoms with Crippen molar-refractivity contribution in [2.45, 2.75) is 6.61 Å². The highest BCUT2D eigenvalue weighted by molar-refractivity contribution is 5.87. The average molecular weight is 287 g/mol. The number of aromatic nitrogens is 1. The fourth-order valence-electron chi connectivity index (χ4n) is 2.03. The van der Waals surface area contributed by atoms with Gasteiger partial charge in [0.25, 0.3) is 0 Å². The molecule has 106 valence electrons. The van der Waals surface area contributed by atoms with Gasteiger partial charge in [-0.3, -0.25) is 0 Å². The minimum Gasteiger partial charge on any atom is -0.438 e. The first-order valence-corrected chi connectivity index (χ1v) is 6.30. The number of fused-ring (bicyclic) bond motifs is 1. The zero-order chi connectivity index (χ0) is 14.8. The Balaban J connectivity index is 2.08. The van der Waals surface area contributed by atoms with Crippen molar-refractivity contribution in [3.63, 3.8) is 0 Å². The lowest BCUT2D eigenvalue weighted by atomic mass is 10.1. The van der Waals surface area contributed by atoms with Gasteiger partial charge < -0.3 is 9.84 Å². The normalized spacial score (nSPS) is 10.8. The SMILES string of the molecule is OCc1cc2ccccc2c(Oc2ccc(F)c(F)c2)n1. The molecule has 1 heterocycles. The molecule has 0 saturated carbocycles. The van der Waals surface area contributed by atoms with Gasteiger partial charge in [-0.05, 0) is 29.7 Å². The predicted molar refractivity (Wildman–Crippen MR) is 74.1 cm³/mol. The molecular formula is C16H11F2NO2. The van der Waals surface area contributed by atoms with E-state index in [0.717, 1.165) is 22.9 Å². The van der Waals surface area contributed by atoms with Gasteiger partial charge in [-0.2, -0.15) is 0 Å². The summed E-state index contributed by atoms with van der Waals surface area (Å²) < 4.78 is 31.7. The van der Waals surface area contributed by atoms with E-state index >= 15 is 0 Å². The second-order valence-electron chi connectivity index (χ2n) is 4.48. The van der Waals surface area contributed by atoms with Gasteiger partial charge in [0.2, 0.25) is 5.88 Å². The minimum atomic E-state index is -0.991. The van der Waals surface area contributed by atoms with Gasteiger partial charge in [-0.25, -0.2) is 13.8 Å². The van der Waals surface area contributed by atoms with Crippen LogP contribution in [0.1, 0.15) is 5.69 Å². The lowest BCUT2D eigenvalue weighted by Crippen LogP contribution is -1.96. The first kappa shape index (κ1) is 13.5. The van der Waals surface area contributed by atoms with Gasteiger partial charge in [-0.15, -0.1) is 0 Å². The number of nitrogens with zero attached hydrogens (tertiary/aromatic N) is 1. The molecule has 5 heteroatoms. The highest BCUT2D eigenvalue weighted by Gasteiger charge is 2.10. The molecule has 0 spiro atoms. The van der Waals surface area contributed by atoms with Gasteiger partial charge in [0.15, 0.2) is 11.6 Å². The Morgan fingerprint density at radius 3 is 2.57 bits per heavy atom. The van der Waals surface area contributed by atoms with Crippen LogP contribution in [0, 0.1) is 11.6 Å². The smallest absolute Gasteiger partial charge is 0.227 e. The summed E-state index contributed by atoms with van der Waals surface area (Å²) in [5.74, 6) is -1.55. The number of aliphatic hydroxyl groups excluding tert-OH is 1. The third kappa shape index (κ3) is 2.68. The zero-order valence-corrected chi connectivity index (χ0v) is 10.9. The maximum atomic E-state index is 13.2. The summed E-state index contributed by atoms with van der Waals surface area (Å²) in [6, 6.07) is 12.3. The van der Waals surface area contributed by atoms with Crippen molar-refractivity contribution in [1.29, 1.82) is 0 Å². The maximum Gasteiger partial charge on any atom is 0.227 e. The van der Waals surface area contributed by atoms with Crippen LogP contribution in [0.25, 0.3) is 10.8 Å². The number of pyridine rings is 1. The molecule has 0 radical (unpaired) electrons. The molecule has 21 heavy (non-hydrogen) atoms. The summed E-state index contributed by atoms with van der Waals surface area (Å²) in [4.78, 5) is 4.18. The van der Waals surface area contributed by atoms with Gasteiger partial charge >= 0.3 is 0 Å². The first-order chi connectivity index (χ1) is 10.2. The van der Waals surface area contributed by atoms with Crippen molar-refractivity contribution in [3.05, 3.63) is 65.9 Å². The summed E-state index contributed by atoms with van der Waals surface area (Å²) in [6.45, 7) is -0.237. The second-order valence-corrected chi connectivity index (χ2v) is 4.48. The molecule has 0 atom stereocenters. The van der Waals surface area contributed by atoms with E-state index in [1.807, 2.05) is 18.2 Å². The highest BCUT2D eigenvalue weighted by atomic mass is 19.2.